The molecule has 1 saturated heterocycles. The van der Waals surface area contributed by atoms with E-state index in [9.17, 15) is 0 Å². The van der Waals surface area contributed by atoms with Crippen LogP contribution in [0.15, 0.2) is 18.5 Å². The molecule has 0 saturated carbocycles. The van der Waals surface area contributed by atoms with E-state index in [4.69, 9.17) is 18.9 Å². The Labute approximate surface area is 129 Å². The van der Waals surface area contributed by atoms with Crippen molar-refractivity contribution < 1.29 is 18.9 Å². The number of imidazole rings is 1. The molecule has 1 unspecified atom stereocenters. The standard InChI is InChI=1S/C16H22N2O4/c1-19-14-9-12-13(10-15(14)20-2)18(11-17-12)6-8-22-16-5-3-4-7-21-16/h9-11,16H,3-8H2,1-2H3. The molecule has 0 radical (unpaired) electrons. The molecule has 1 atom stereocenters. The Morgan fingerprint density at radius 3 is 2.77 bits per heavy atom. The summed E-state index contributed by atoms with van der Waals surface area (Å²) in [5, 5.41) is 0. The van der Waals surface area contributed by atoms with Gasteiger partial charge in [0.05, 0.1) is 38.2 Å². The van der Waals surface area contributed by atoms with Gasteiger partial charge >= 0.3 is 0 Å². The first-order valence-electron chi connectivity index (χ1n) is 7.62. The van der Waals surface area contributed by atoms with E-state index in [-0.39, 0.29) is 6.29 Å². The highest BCUT2D eigenvalue weighted by Crippen LogP contribution is 2.31. The summed E-state index contributed by atoms with van der Waals surface area (Å²) in [6.07, 6.45) is 5.05. The molecule has 0 N–H and O–H groups in total. The Hall–Kier alpha value is -1.79. The Morgan fingerprint density at radius 2 is 2.05 bits per heavy atom. The lowest BCUT2D eigenvalue weighted by Gasteiger charge is -2.22. The predicted octanol–water partition coefficient (Wildman–Crippen LogP) is 2.60. The van der Waals surface area contributed by atoms with Crippen LogP contribution < -0.4 is 9.47 Å². The van der Waals surface area contributed by atoms with Crippen LogP contribution in [0.4, 0.5) is 0 Å². The van der Waals surface area contributed by atoms with Crippen LogP contribution in [0.25, 0.3) is 11.0 Å². The molecule has 2 aromatic rings. The number of rotatable bonds is 6. The third-order valence-electron chi connectivity index (χ3n) is 3.90. The molecule has 1 aromatic heterocycles. The lowest BCUT2D eigenvalue weighted by molar-refractivity contribution is -0.163. The van der Waals surface area contributed by atoms with E-state index < -0.39 is 0 Å². The smallest absolute Gasteiger partial charge is 0.163 e. The number of hydrogen-bond donors (Lipinski definition) is 0. The van der Waals surface area contributed by atoms with Gasteiger partial charge in [-0.15, -0.1) is 0 Å². The van der Waals surface area contributed by atoms with E-state index >= 15 is 0 Å². The van der Waals surface area contributed by atoms with Crippen LogP contribution in [0, 0.1) is 0 Å². The maximum atomic E-state index is 5.78. The van der Waals surface area contributed by atoms with Gasteiger partial charge in [0.15, 0.2) is 17.8 Å². The second-order valence-corrected chi connectivity index (χ2v) is 5.30. The molecule has 120 valence electrons. The number of nitrogens with zero attached hydrogens (tertiary/aromatic N) is 2. The van der Waals surface area contributed by atoms with Crippen molar-refractivity contribution in [2.75, 3.05) is 27.4 Å². The van der Waals surface area contributed by atoms with Gasteiger partial charge in [0.1, 0.15) is 0 Å². The van der Waals surface area contributed by atoms with Crippen LogP contribution in [-0.2, 0) is 16.0 Å². The van der Waals surface area contributed by atoms with Crippen molar-refractivity contribution in [2.45, 2.75) is 32.1 Å². The summed E-state index contributed by atoms with van der Waals surface area (Å²) in [4.78, 5) is 4.41. The van der Waals surface area contributed by atoms with Gasteiger partial charge in [0.2, 0.25) is 0 Å². The van der Waals surface area contributed by atoms with E-state index in [2.05, 4.69) is 9.55 Å². The quantitative estimate of drug-likeness (QED) is 0.821. The first kappa shape index (κ1) is 15.1. The highest BCUT2D eigenvalue weighted by Gasteiger charge is 2.14. The summed E-state index contributed by atoms with van der Waals surface area (Å²) < 4.78 is 24.1. The Kier molecular flexibility index (Phi) is 4.80. The van der Waals surface area contributed by atoms with Crippen LogP contribution in [0.2, 0.25) is 0 Å². The van der Waals surface area contributed by atoms with Gasteiger partial charge in [0.25, 0.3) is 0 Å². The van der Waals surface area contributed by atoms with Gasteiger partial charge in [-0.25, -0.2) is 4.98 Å². The molecule has 6 heteroatoms. The predicted molar refractivity (Wildman–Crippen MR) is 82.4 cm³/mol. The van der Waals surface area contributed by atoms with Crippen LogP contribution in [-0.4, -0.2) is 43.3 Å². The SMILES string of the molecule is COc1cc2ncn(CCOC3CCCCO3)c2cc1OC. The molecule has 6 nitrogen and oxygen atoms in total. The second kappa shape index (κ2) is 6.98. The van der Waals surface area contributed by atoms with Crippen LogP contribution in [0.3, 0.4) is 0 Å². The first-order chi connectivity index (χ1) is 10.8. The molecule has 1 aliphatic rings. The zero-order chi connectivity index (χ0) is 15.4. The molecule has 1 fully saturated rings. The van der Waals surface area contributed by atoms with Crippen molar-refractivity contribution in [3.63, 3.8) is 0 Å². The van der Waals surface area contributed by atoms with Crippen molar-refractivity contribution in [1.82, 2.24) is 9.55 Å². The average Bonchev–Trinajstić information content (AvgIpc) is 2.96. The number of fused-ring (bicyclic) bond motifs is 1. The highest BCUT2D eigenvalue weighted by molar-refractivity contribution is 5.80. The molecule has 2 heterocycles. The molecular formula is C16H22N2O4. The summed E-state index contributed by atoms with van der Waals surface area (Å²) in [7, 11) is 3.26. The van der Waals surface area contributed by atoms with E-state index in [1.165, 1.54) is 6.42 Å². The van der Waals surface area contributed by atoms with Gasteiger partial charge < -0.3 is 23.5 Å². The maximum absolute atomic E-state index is 5.78. The summed E-state index contributed by atoms with van der Waals surface area (Å²) in [5.41, 5.74) is 1.89. The lowest BCUT2D eigenvalue weighted by Crippen LogP contribution is -2.23. The summed E-state index contributed by atoms with van der Waals surface area (Å²) in [6, 6.07) is 3.83. The van der Waals surface area contributed by atoms with Crippen molar-refractivity contribution in [1.29, 1.82) is 0 Å². The van der Waals surface area contributed by atoms with Gasteiger partial charge in [-0.2, -0.15) is 0 Å². The van der Waals surface area contributed by atoms with E-state index in [1.54, 1.807) is 14.2 Å². The van der Waals surface area contributed by atoms with Crippen LogP contribution >= 0.6 is 0 Å². The molecule has 22 heavy (non-hydrogen) atoms. The summed E-state index contributed by atoms with van der Waals surface area (Å²) in [5.74, 6) is 1.39. The van der Waals surface area contributed by atoms with E-state index in [0.717, 1.165) is 37.0 Å². The zero-order valence-electron chi connectivity index (χ0n) is 13.1. The fourth-order valence-corrected chi connectivity index (χ4v) is 2.69. The van der Waals surface area contributed by atoms with Crippen molar-refractivity contribution in [2.24, 2.45) is 0 Å². The molecule has 3 rings (SSSR count). The van der Waals surface area contributed by atoms with Crippen molar-refractivity contribution >= 4 is 11.0 Å². The van der Waals surface area contributed by atoms with Gasteiger partial charge in [0, 0.05) is 25.3 Å². The molecule has 0 amide bonds. The third-order valence-corrected chi connectivity index (χ3v) is 3.90. The van der Waals surface area contributed by atoms with Gasteiger partial charge in [-0.05, 0) is 19.3 Å². The van der Waals surface area contributed by atoms with Gasteiger partial charge in [-0.3, -0.25) is 0 Å². The minimum absolute atomic E-state index is 0.0573. The van der Waals surface area contributed by atoms with Crippen molar-refractivity contribution in [3.05, 3.63) is 18.5 Å². The zero-order valence-corrected chi connectivity index (χ0v) is 13.1. The Bertz CT molecular complexity index is 620. The topological polar surface area (TPSA) is 54.7 Å². The van der Waals surface area contributed by atoms with Crippen molar-refractivity contribution in [3.8, 4) is 11.5 Å². The minimum Gasteiger partial charge on any atom is -0.493 e. The van der Waals surface area contributed by atoms with E-state index in [1.807, 2.05) is 18.5 Å². The Balaban J connectivity index is 1.68. The third kappa shape index (κ3) is 3.18. The van der Waals surface area contributed by atoms with Crippen LogP contribution in [0.5, 0.6) is 11.5 Å². The number of hydrogen-bond acceptors (Lipinski definition) is 5. The monoisotopic (exact) mass is 306 g/mol. The number of ether oxygens (including phenoxy) is 4. The minimum atomic E-state index is -0.0573. The molecular weight excluding hydrogens is 284 g/mol. The summed E-state index contributed by atoms with van der Waals surface area (Å²) in [6.45, 7) is 2.13. The lowest BCUT2D eigenvalue weighted by atomic mass is 10.2. The maximum Gasteiger partial charge on any atom is 0.163 e. The second-order valence-electron chi connectivity index (χ2n) is 5.30. The van der Waals surface area contributed by atoms with Crippen LogP contribution in [0.1, 0.15) is 19.3 Å². The fraction of sp³-hybridized carbons (Fsp3) is 0.562. The average molecular weight is 306 g/mol. The largest absolute Gasteiger partial charge is 0.493 e. The first-order valence-corrected chi connectivity index (χ1v) is 7.62. The van der Waals surface area contributed by atoms with Gasteiger partial charge in [-0.1, -0.05) is 0 Å². The molecule has 1 aliphatic heterocycles. The van der Waals surface area contributed by atoms with E-state index in [0.29, 0.717) is 18.1 Å². The molecule has 0 aliphatic carbocycles. The normalized spacial score (nSPS) is 18.5. The molecule has 0 bridgehead atoms. The highest BCUT2D eigenvalue weighted by atomic mass is 16.7. The summed E-state index contributed by atoms with van der Waals surface area (Å²) >= 11 is 0. The number of benzene rings is 1. The molecule has 1 aromatic carbocycles. The number of methoxy groups -OCH3 is 2. The Morgan fingerprint density at radius 1 is 1.23 bits per heavy atom. The molecule has 0 spiro atoms. The number of aromatic nitrogens is 2. The fourth-order valence-electron chi connectivity index (χ4n) is 2.69.